The van der Waals surface area contributed by atoms with Gasteiger partial charge in [-0.3, -0.25) is 9.59 Å². The average Bonchev–Trinajstić information content (AvgIpc) is 3.19. The Morgan fingerprint density at radius 2 is 2.04 bits per heavy atom. The van der Waals surface area contributed by atoms with Crippen LogP contribution in [-0.2, 0) is 25.5 Å². The molecule has 3 aliphatic carbocycles. The summed E-state index contributed by atoms with van der Waals surface area (Å²) in [5, 5.41) is 10.3. The molecule has 1 aromatic carbocycles. The van der Waals surface area contributed by atoms with E-state index in [0.29, 0.717) is 25.9 Å². The van der Waals surface area contributed by atoms with Gasteiger partial charge in [0.2, 0.25) is 0 Å². The zero-order valence-electron chi connectivity index (χ0n) is 15.0. The zero-order valence-corrected chi connectivity index (χ0v) is 15.0. The van der Waals surface area contributed by atoms with Crippen LogP contribution < -0.4 is 0 Å². The molecule has 0 unspecified atom stereocenters. The minimum Gasteiger partial charge on any atom is -0.480 e. The summed E-state index contributed by atoms with van der Waals surface area (Å²) < 4.78 is 11.8. The maximum absolute atomic E-state index is 13.1. The summed E-state index contributed by atoms with van der Waals surface area (Å²) in [6, 6.07) is 8.06. The van der Waals surface area contributed by atoms with Crippen molar-refractivity contribution in [1.82, 2.24) is 0 Å². The first-order chi connectivity index (χ1) is 12.4. The summed E-state index contributed by atoms with van der Waals surface area (Å²) in [5.74, 6) is -2.29. The topological polar surface area (TPSA) is 72.8 Å². The molecule has 136 valence electrons. The van der Waals surface area contributed by atoms with Gasteiger partial charge in [0.1, 0.15) is 0 Å². The van der Waals surface area contributed by atoms with Crippen LogP contribution in [0, 0.1) is 17.3 Å². The first-order valence-corrected chi connectivity index (χ1v) is 9.26. The van der Waals surface area contributed by atoms with Gasteiger partial charge in [0, 0.05) is 12.3 Å². The Bertz CT molecular complexity index is 867. The van der Waals surface area contributed by atoms with Crippen molar-refractivity contribution in [2.45, 2.75) is 45.0 Å². The lowest BCUT2D eigenvalue weighted by Gasteiger charge is -2.42. The van der Waals surface area contributed by atoms with Crippen molar-refractivity contribution in [2.75, 3.05) is 6.61 Å². The number of fused-ring (bicyclic) bond motifs is 6. The van der Waals surface area contributed by atoms with Crippen LogP contribution in [0.2, 0.25) is 0 Å². The van der Waals surface area contributed by atoms with Crippen molar-refractivity contribution < 1.29 is 24.2 Å². The van der Waals surface area contributed by atoms with Crippen LogP contribution in [0.4, 0.5) is 0 Å². The monoisotopic (exact) mass is 354 g/mol. The molecule has 4 aliphatic rings. The van der Waals surface area contributed by atoms with Gasteiger partial charge < -0.3 is 14.6 Å². The normalized spacial score (nSPS) is 37.0. The summed E-state index contributed by atoms with van der Waals surface area (Å²) in [4.78, 5) is 25.7. The molecule has 5 nitrogen and oxygen atoms in total. The molecule has 2 fully saturated rings. The summed E-state index contributed by atoms with van der Waals surface area (Å²) in [7, 11) is 0. The van der Waals surface area contributed by atoms with Crippen LogP contribution in [0.1, 0.15) is 37.8 Å². The lowest BCUT2D eigenvalue weighted by molar-refractivity contribution is -0.173. The molecule has 2 bridgehead atoms. The number of allylic oxidation sites excluding steroid dienone is 1. The van der Waals surface area contributed by atoms with Crippen molar-refractivity contribution in [1.29, 1.82) is 0 Å². The molecule has 5 rings (SSSR count). The highest BCUT2D eigenvalue weighted by molar-refractivity contribution is 6.12. The highest BCUT2D eigenvalue weighted by atomic mass is 16.7. The number of Topliss-reactive ketones (excluding diaryl/α,β-unsaturated/α-hetero) is 1. The number of hydrogen-bond donors (Lipinski definition) is 1. The third kappa shape index (κ3) is 1.82. The molecule has 1 saturated heterocycles. The molecule has 1 saturated carbocycles. The first-order valence-electron chi connectivity index (χ1n) is 9.26. The molecule has 0 amide bonds. The van der Waals surface area contributed by atoms with E-state index < -0.39 is 17.2 Å². The minimum absolute atomic E-state index is 0.0324. The number of hydrogen-bond acceptors (Lipinski definition) is 4. The fourth-order valence-corrected chi connectivity index (χ4v) is 5.83. The zero-order chi connectivity index (χ0) is 18.3. The number of rotatable bonds is 2. The van der Waals surface area contributed by atoms with Crippen LogP contribution in [-0.4, -0.2) is 35.4 Å². The fraction of sp³-hybridized carbons (Fsp3) is 0.524. The van der Waals surface area contributed by atoms with E-state index in [0.717, 1.165) is 22.3 Å². The highest BCUT2D eigenvalue weighted by Gasteiger charge is 2.69. The molecule has 1 heterocycles. The lowest BCUT2D eigenvalue weighted by atomic mass is 9.60. The Balaban J connectivity index is 1.70. The molecule has 0 aromatic heterocycles. The van der Waals surface area contributed by atoms with Crippen LogP contribution >= 0.6 is 0 Å². The van der Waals surface area contributed by atoms with E-state index in [1.807, 2.05) is 32.0 Å². The molecule has 5 heteroatoms. The molecular formula is C21H22O5. The van der Waals surface area contributed by atoms with Crippen molar-refractivity contribution in [2.24, 2.45) is 17.3 Å². The van der Waals surface area contributed by atoms with Crippen LogP contribution in [0.25, 0.3) is 5.57 Å². The molecule has 1 N–H and O–H groups in total. The van der Waals surface area contributed by atoms with Gasteiger partial charge in [0.15, 0.2) is 17.0 Å². The average molecular weight is 354 g/mol. The lowest BCUT2D eigenvalue weighted by Crippen LogP contribution is -2.54. The summed E-state index contributed by atoms with van der Waals surface area (Å²) in [6.07, 6.45) is 1.17. The molecule has 0 radical (unpaired) electrons. The number of ketones is 1. The van der Waals surface area contributed by atoms with Crippen LogP contribution in [0.5, 0.6) is 0 Å². The Hall–Kier alpha value is -1.98. The third-order valence-corrected chi connectivity index (χ3v) is 6.67. The maximum atomic E-state index is 13.1. The maximum Gasteiger partial charge on any atom is 0.321 e. The van der Waals surface area contributed by atoms with E-state index in [9.17, 15) is 14.7 Å². The van der Waals surface area contributed by atoms with Gasteiger partial charge >= 0.3 is 5.97 Å². The summed E-state index contributed by atoms with van der Waals surface area (Å²) >= 11 is 0. The summed E-state index contributed by atoms with van der Waals surface area (Å²) in [5.41, 5.74) is 2.67. The Morgan fingerprint density at radius 3 is 2.73 bits per heavy atom. The van der Waals surface area contributed by atoms with E-state index >= 15 is 0 Å². The van der Waals surface area contributed by atoms with Crippen LogP contribution in [0.3, 0.4) is 0 Å². The molecule has 26 heavy (non-hydrogen) atoms. The second-order valence-corrected chi connectivity index (χ2v) is 8.30. The number of ether oxygens (including phenoxy) is 2. The standard InChI is InChI=1S/C21H22O5/c1-20(2)25-10-15(26-20)18-13-7-8-16(22)21(18,19(23)24)14-9-11-5-3-4-6-12(11)17(13)14/h3-6,13,15,18H,7-10H2,1-2H3,(H,23,24)/t13-,15+,18-,21-/m0/s1. The number of carboxylic acids is 1. The molecule has 4 atom stereocenters. The second kappa shape index (κ2) is 5.05. The first kappa shape index (κ1) is 16.2. The van der Waals surface area contributed by atoms with Gasteiger partial charge in [-0.15, -0.1) is 0 Å². The van der Waals surface area contributed by atoms with Gasteiger partial charge in [-0.2, -0.15) is 0 Å². The number of carbonyl (C=O) groups is 2. The van der Waals surface area contributed by atoms with E-state index in [2.05, 4.69) is 6.07 Å². The molecule has 1 aromatic rings. The highest BCUT2D eigenvalue weighted by Crippen LogP contribution is 2.65. The van der Waals surface area contributed by atoms with Gasteiger partial charge in [-0.25, -0.2) is 0 Å². The largest absolute Gasteiger partial charge is 0.480 e. The van der Waals surface area contributed by atoms with Crippen molar-refractivity contribution in [3.8, 4) is 0 Å². The smallest absolute Gasteiger partial charge is 0.321 e. The molecule has 0 spiro atoms. The molecule has 1 aliphatic heterocycles. The SMILES string of the molecule is CC1(C)OC[C@H]([C@@H]2[C@H]3CCC(=O)[C@@]2(C(=O)O)C2=C3c3ccccc3C2)O1. The number of aliphatic carboxylic acids is 1. The Labute approximate surface area is 152 Å². The van der Waals surface area contributed by atoms with Crippen molar-refractivity contribution in [3.05, 3.63) is 41.0 Å². The minimum atomic E-state index is -1.47. The number of carbonyl (C=O) groups excluding carboxylic acids is 1. The van der Waals surface area contributed by atoms with E-state index in [4.69, 9.17) is 9.47 Å². The van der Waals surface area contributed by atoms with Crippen molar-refractivity contribution >= 4 is 17.3 Å². The van der Waals surface area contributed by atoms with Gasteiger partial charge in [-0.05, 0) is 54.9 Å². The van der Waals surface area contributed by atoms with Gasteiger partial charge in [0.25, 0.3) is 0 Å². The van der Waals surface area contributed by atoms with E-state index in [-0.39, 0.29) is 23.7 Å². The van der Waals surface area contributed by atoms with E-state index in [1.54, 1.807) is 0 Å². The quantitative estimate of drug-likeness (QED) is 0.827. The Kier molecular flexibility index (Phi) is 3.15. The van der Waals surface area contributed by atoms with E-state index in [1.165, 1.54) is 0 Å². The van der Waals surface area contributed by atoms with Gasteiger partial charge in [-0.1, -0.05) is 24.3 Å². The van der Waals surface area contributed by atoms with Crippen LogP contribution in [0.15, 0.2) is 29.8 Å². The number of benzene rings is 1. The predicted molar refractivity (Wildman–Crippen MR) is 93.3 cm³/mol. The summed E-state index contributed by atoms with van der Waals surface area (Å²) in [6.45, 7) is 4.01. The third-order valence-electron chi connectivity index (χ3n) is 6.67. The predicted octanol–water partition coefficient (Wildman–Crippen LogP) is 2.83. The fourth-order valence-electron chi connectivity index (χ4n) is 5.83. The molecular weight excluding hydrogens is 332 g/mol. The second-order valence-electron chi connectivity index (χ2n) is 8.30. The Morgan fingerprint density at radius 1 is 1.27 bits per heavy atom. The number of carboxylic acid groups (broad SMARTS) is 1. The van der Waals surface area contributed by atoms with Gasteiger partial charge in [0.05, 0.1) is 12.7 Å². The van der Waals surface area contributed by atoms with Crippen molar-refractivity contribution in [3.63, 3.8) is 0 Å².